The first-order valence-corrected chi connectivity index (χ1v) is 7.13. The van der Waals surface area contributed by atoms with Crippen LogP contribution >= 0.6 is 0 Å². The predicted octanol–water partition coefficient (Wildman–Crippen LogP) is 2.53. The van der Waals surface area contributed by atoms with Crippen molar-refractivity contribution in [3.63, 3.8) is 0 Å². The van der Waals surface area contributed by atoms with E-state index in [4.69, 9.17) is 0 Å². The topological polar surface area (TPSA) is 83.7 Å². The maximum Gasteiger partial charge on any atom is 0.273 e. The highest BCUT2D eigenvalue weighted by Gasteiger charge is 2.25. The highest BCUT2D eigenvalue weighted by molar-refractivity contribution is 5.96. The van der Waals surface area contributed by atoms with E-state index >= 15 is 0 Å². The number of carbonyl (C=O) groups is 1. The SMILES string of the molecule is CCC(CC)N(CCO)C(=O)c1cccc([N+](=O)[O-])c1C. The van der Waals surface area contributed by atoms with Crippen LogP contribution < -0.4 is 0 Å². The van der Waals surface area contributed by atoms with E-state index in [0.717, 1.165) is 12.8 Å². The lowest BCUT2D eigenvalue weighted by Gasteiger charge is -2.30. The fourth-order valence-electron chi connectivity index (χ4n) is 2.49. The standard InChI is InChI=1S/C15H22N2O4/c1-4-12(5-2)16(9-10-18)15(19)13-7-6-8-14(11(13)3)17(20)21/h6-8,12,18H,4-5,9-10H2,1-3H3. The number of nitro benzene ring substituents is 1. The minimum Gasteiger partial charge on any atom is -0.395 e. The van der Waals surface area contributed by atoms with Gasteiger partial charge in [0.1, 0.15) is 0 Å². The van der Waals surface area contributed by atoms with Gasteiger partial charge in [-0.25, -0.2) is 0 Å². The molecule has 1 rings (SSSR count). The summed E-state index contributed by atoms with van der Waals surface area (Å²) in [4.78, 5) is 24.8. The van der Waals surface area contributed by atoms with Gasteiger partial charge in [-0.05, 0) is 25.8 Å². The summed E-state index contributed by atoms with van der Waals surface area (Å²) in [6.45, 7) is 5.64. The molecule has 21 heavy (non-hydrogen) atoms. The number of benzene rings is 1. The first-order valence-electron chi connectivity index (χ1n) is 7.13. The van der Waals surface area contributed by atoms with Crippen molar-refractivity contribution >= 4 is 11.6 Å². The van der Waals surface area contributed by atoms with E-state index in [2.05, 4.69) is 0 Å². The molecule has 1 N–H and O–H groups in total. The number of carbonyl (C=O) groups excluding carboxylic acids is 1. The van der Waals surface area contributed by atoms with Gasteiger partial charge < -0.3 is 10.0 Å². The molecule has 6 nitrogen and oxygen atoms in total. The van der Waals surface area contributed by atoms with Crippen LogP contribution in [-0.4, -0.2) is 40.0 Å². The van der Waals surface area contributed by atoms with Crippen molar-refractivity contribution < 1.29 is 14.8 Å². The molecule has 0 atom stereocenters. The molecule has 1 aromatic rings. The molecule has 1 amide bonds. The first kappa shape index (κ1) is 17.1. The lowest BCUT2D eigenvalue weighted by molar-refractivity contribution is -0.385. The van der Waals surface area contributed by atoms with Crippen LogP contribution in [0.1, 0.15) is 42.6 Å². The summed E-state index contributed by atoms with van der Waals surface area (Å²) in [6.07, 6.45) is 1.55. The Bertz CT molecular complexity index is 512. The van der Waals surface area contributed by atoms with Crippen LogP contribution in [0.15, 0.2) is 18.2 Å². The Labute approximate surface area is 124 Å². The molecule has 0 unspecified atom stereocenters. The molecule has 0 aliphatic rings. The largest absolute Gasteiger partial charge is 0.395 e. The van der Waals surface area contributed by atoms with Crippen LogP contribution in [0.3, 0.4) is 0 Å². The Morgan fingerprint density at radius 2 is 2.00 bits per heavy atom. The number of hydrogen-bond acceptors (Lipinski definition) is 4. The molecule has 0 aromatic heterocycles. The summed E-state index contributed by atoms with van der Waals surface area (Å²) < 4.78 is 0. The third-order valence-corrected chi connectivity index (χ3v) is 3.72. The smallest absolute Gasteiger partial charge is 0.273 e. The van der Waals surface area contributed by atoms with Crippen molar-refractivity contribution in [3.05, 3.63) is 39.4 Å². The molecule has 0 heterocycles. The van der Waals surface area contributed by atoms with Crippen molar-refractivity contribution in [1.29, 1.82) is 0 Å². The molecule has 0 radical (unpaired) electrons. The summed E-state index contributed by atoms with van der Waals surface area (Å²) in [6, 6.07) is 4.52. The molecule has 1 aromatic carbocycles. The van der Waals surface area contributed by atoms with E-state index in [1.807, 2.05) is 13.8 Å². The molecule has 0 saturated heterocycles. The molecule has 116 valence electrons. The van der Waals surface area contributed by atoms with Gasteiger partial charge in [-0.15, -0.1) is 0 Å². The number of rotatable bonds is 7. The lowest BCUT2D eigenvalue weighted by atomic mass is 10.0. The van der Waals surface area contributed by atoms with Crippen LogP contribution in [-0.2, 0) is 0 Å². The molecule has 0 spiro atoms. The summed E-state index contributed by atoms with van der Waals surface area (Å²) in [7, 11) is 0. The third-order valence-electron chi connectivity index (χ3n) is 3.72. The second-order valence-corrected chi connectivity index (χ2v) is 4.90. The van der Waals surface area contributed by atoms with Crippen molar-refractivity contribution in [2.24, 2.45) is 0 Å². The Morgan fingerprint density at radius 3 is 2.48 bits per heavy atom. The van der Waals surface area contributed by atoms with Crippen LogP contribution in [0, 0.1) is 17.0 Å². The van der Waals surface area contributed by atoms with Gasteiger partial charge in [0.2, 0.25) is 0 Å². The molecule has 0 bridgehead atoms. The number of amides is 1. The minimum absolute atomic E-state index is 0.0170. The van der Waals surface area contributed by atoms with Crippen molar-refractivity contribution in [2.45, 2.75) is 39.7 Å². The van der Waals surface area contributed by atoms with Crippen molar-refractivity contribution in [2.75, 3.05) is 13.2 Å². The average Bonchev–Trinajstić information content (AvgIpc) is 2.46. The van der Waals surface area contributed by atoms with Gasteiger partial charge in [-0.3, -0.25) is 14.9 Å². The summed E-state index contributed by atoms with van der Waals surface area (Å²) in [5.41, 5.74) is 0.625. The number of aliphatic hydroxyl groups is 1. The van der Waals surface area contributed by atoms with E-state index < -0.39 is 4.92 Å². The van der Waals surface area contributed by atoms with Crippen LogP contribution in [0.2, 0.25) is 0 Å². The van der Waals surface area contributed by atoms with E-state index in [1.165, 1.54) is 12.1 Å². The molecule has 0 aliphatic carbocycles. The minimum atomic E-state index is -0.486. The van der Waals surface area contributed by atoms with Gasteiger partial charge in [0, 0.05) is 29.8 Å². The zero-order valence-corrected chi connectivity index (χ0v) is 12.7. The first-order chi connectivity index (χ1) is 9.97. The van der Waals surface area contributed by atoms with E-state index in [0.29, 0.717) is 11.1 Å². The van der Waals surface area contributed by atoms with Crippen LogP contribution in [0.4, 0.5) is 5.69 Å². The predicted molar refractivity (Wildman–Crippen MR) is 80.3 cm³/mol. The molecule has 6 heteroatoms. The van der Waals surface area contributed by atoms with Gasteiger partial charge in [0.25, 0.3) is 11.6 Å². The average molecular weight is 294 g/mol. The molecule has 0 aliphatic heterocycles. The van der Waals surface area contributed by atoms with Crippen molar-refractivity contribution in [3.8, 4) is 0 Å². The van der Waals surface area contributed by atoms with Gasteiger partial charge in [-0.1, -0.05) is 19.9 Å². The van der Waals surface area contributed by atoms with E-state index in [9.17, 15) is 20.0 Å². The van der Waals surface area contributed by atoms with Crippen molar-refractivity contribution in [1.82, 2.24) is 4.90 Å². The maximum absolute atomic E-state index is 12.7. The van der Waals surface area contributed by atoms with E-state index in [-0.39, 0.29) is 30.8 Å². The molecular weight excluding hydrogens is 272 g/mol. The fraction of sp³-hybridized carbons (Fsp3) is 0.533. The van der Waals surface area contributed by atoms with Gasteiger partial charge in [0.05, 0.1) is 11.5 Å². The maximum atomic E-state index is 12.7. The lowest BCUT2D eigenvalue weighted by Crippen LogP contribution is -2.41. The highest BCUT2D eigenvalue weighted by atomic mass is 16.6. The van der Waals surface area contributed by atoms with Gasteiger partial charge >= 0.3 is 0 Å². The summed E-state index contributed by atoms with van der Waals surface area (Å²) in [5.74, 6) is -0.265. The Balaban J connectivity index is 3.21. The van der Waals surface area contributed by atoms with Gasteiger partial charge in [0.15, 0.2) is 0 Å². The van der Waals surface area contributed by atoms with Gasteiger partial charge in [-0.2, -0.15) is 0 Å². The fourth-order valence-corrected chi connectivity index (χ4v) is 2.49. The third kappa shape index (κ3) is 3.78. The number of aliphatic hydroxyl groups excluding tert-OH is 1. The summed E-state index contributed by atoms with van der Waals surface area (Å²) >= 11 is 0. The van der Waals surface area contributed by atoms with Crippen LogP contribution in [0.5, 0.6) is 0 Å². The molecular formula is C15H22N2O4. The Kier molecular flexibility index (Phi) is 6.30. The number of nitrogens with zero attached hydrogens (tertiary/aromatic N) is 2. The quantitative estimate of drug-likeness (QED) is 0.618. The van der Waals surface area contributed by atoms with Crippen LogP contribution in [0.25, 0.3) is 0 Å². The number of nitro groups is 1. The second-order valence-electron chi connectivity index (χ2n) is 4.90. The Morgan fingerprint density at radius 1 is 1.38 bits per heavy atom. The molecule has 0 saturated carbocycles. The zero-order chi connectivity index (χ0) is 16.0. The zero-order valence-electron chi connectivity index (χ0n) is 12.7. The van der Waals surface area contributed by atoms with E-state index in [1.54, 1.807) is 17.9 Å². The highest BCUT2D eigenvalue weighted by Crippen LogP contribution is 2.23. The number of hydrogen-bond donors (Lipinski definition) is 1. The summed E-state index contributed by atoms with van der Waals surface area (Å²) in [5, 5.41) is 20.2. The Hall–Kier alpha value is -1.95. The molecule has 0 fully saturated rings. The monoisotopic (exact) mass is 294 g/mol. The normalized spacial score (nSPS) is 10.7. The second kappa shape index (κ2) is 7.73.